The maximum Gasteiger partial charge on any atom is 0.159 e. The predicted molar refractivity (Wildman–Crippen MR) is 60.8 cm³/mol. The third-order valence-corrected chi connectivity index (χ3v) is 4.98. The molecular formula is C10H12ClNO2S. The number of benzene rings is 1. The highest BCUT2D eigenvalue weighted by atomic mass is 35.5. The molecule has 5 heteroatoms. The molecule has 1 unspecified atom stereocenters. The van der Waals surface area contributed by atoms with Crippen molar-refractivity contribution in [2.45, 2.75) is 5.25 Å². The molecule has 0 saturated carbocycles. The monoisotopic (exact) mass is 245 g/mol. The van der Waals surface area contributed by atoms with Gasteiger partial charge in [-0.05, 0) is 11.6 Å². The van der Waals surface area contributed by atoms with Crippen molar-refractivity contribution in [1.29, 1.82) is 0 Å². The standard InChI is InChI=1S/C10H12ClNO2S/c11-9-4-2-1-3-8(9)10-7-12-5-6-15(10,13)14/h1-4,10,12H,5-7H2. The molecule has 15 heavy (non-hydrogen) atoms. The van der Waals surface area contributed by atoms with Gasteiger partial charge in [0.2, 0.25) is 0 Å². The number of rotatable bonds is 1. The Morgan fingerprint density at radius 2 is 2.07 bits per heavy atom. The molecule has 0 amide bonds. The Morgan fingerprint density at radius 1 is 1.33 bits per heavy atom. The molecule has 1 fully saturated rings. The first-order valence-electron chi connectivity index (χ1n) is 4.78. The van der Waals surface area contributed by atoms with Gasteiger partial charge in [0.1, 0.15) is 5.25 Å². The molecule has 1 aliphatic heterocycles. The fourth-order valence-corrected chi connectivity index (χ4v) is 3.77. The summed E-state index contributed by atoms with van der Waals surface area (Å²) in [5, 5.41) is 3.10. The zero-order chi connectivity index (χ0) is 10.9. The van der Waals surface area contributed by atoms with E-state index in [4.69, 9.17) is 11.6 Å². The van der Waals surface area contributed by atoms with Gasteiger partial charge >= 0.3 is 0 Å². The molecule has 0 radical (unpaired) electrons. The lowest BCUT2D eigenvalue weighted by Gasteiger charge is -2.24. The van der Waals surface area contributed by atoms with Crippen LogP contribution in [0.1, 0.15) is 10.8 Å². The van der Waals surface area contributed by atoms with Gasteiger partial charge in [0.05, 0.1) is 5.75 Å². The predicted octanol–water partition coefficient (Wildman–Crippen LogP) is 1.40. The van der Waals surface area contributed by atoms with Crippen molar-refractivity contribution in [1.82, 2.24) is 5.32 Å². The van der Waals surface area contributed by atoms with E-state index in [1.165, 1.54) is 0 Å². The summed E-state index contributed by atoms with van der Waals surface area (Å²) in [5.41, 5.74) is 0.700. The summed E-state index contributed by atoms with van der Waals surface area (Å²) >= 11 is 5.99. The van der Waals surface area contributed by atoms with Gasteiger partial charge in [0.25, 0.3) is 0 Å². The molecule has 2 rings (SSSR count). The Balaban J connectivity index is 2.42. The lowest BCUT2D eigenvalue weighted by atomic mass is 10.1. The summed E-state index contributed by atoms with van der Waals surface area (Å²) < 4.78 is 23.7. The quantitative estimate of drug-likeness (QED) is 0.814. The minimum Gasteiger partial charge on any atom is -0.314 e. The first kappa shape index (κ1) is 10.9. The van der Waals surface area contributed by atoms with Crippen LogP contribution in [0.15, 0.2) is 24.3 Å². The molecule has 0 spiro atoms. The molecule has 1 aromatic rings. The van der Waals surface area contributed by atoms with Crippen molar-refractivity contribution in [3.05, 3.63) is 34.9 Å². The summed E-state index contributed by atoms with van der Waals surface area (Å²) in [6.45, 7) is 0.982. The van der Waals surface area contributed by atoms with Crippen LogP contribution in [0.3, 0.4) is 0 Å². The zero-order valence-corrected chi connectivity index (χ0v) is 9.68. The van der Waals surface area contributed by atoms with Crippen molar-refractivity contribution in [2.24, 2.45) is 0 Å². The molecule has 1 saturated heterocycles. The van der Waals surface area contributed by atoms with Crippen LogP contribution in [0.5, 0.6) is 0 Å². The summed E-state index contributed by atoms with van der Waals surface area (Å²) in [6.07, 6.45) is 0. The molecule has 0 bridgehead atoms. The second-order valence-corrected chi connectivity index (χ2v) is 6.29. The minimum absolute atomic E-state index is 0.183. The van der Waals surface area contributed by atoms with E-state index in [2.05, 4.69) is 5.32 Å². The lowest BCUT2D eigenvalue weighted by molar-refractivity contribution is 0.551. The third kappa shape index (κ3) is 2.17. The molecule has 1 aromatic carbocycles. The highest BCUT2D eigenvalue weighted by Crippen LogP contribution is 2.30. The molecule has 1 atom stereocenters. The summed E-state index contributed by atoms with van der Waals surface area (Å²) in [7, 11) is -3.05. The van der Waals surface area contributed by atoms with E-state index in [0.29, 0.717) is 23.7 Å². The van der Waals surface area contributed by atoms with Crippen molar-refractivity contribution in [3.8, 4) is 0 Å². The van der Waals surface area contributed by atoms with E-state index in [1.807, 2.05) is 6.07 Å². The van der Waals surface area contributed by atoms with Gasteiger partial charge in [-0.2, -0.15) is 0 Å². The molecular weight excluding hydrogens is 234 g/mol. The number of nitrogens with one attached hydrogen (secondary N) is 1. The second kappa shape index (κ2) is 4.12. The maximum absolute atomic E-state index is 11.8. The minimum atomic E-state index is -3.05. The summed E-state index contributed by atoms with van der Waals surface area (Å²) in [5.74, 6) is 0.183. The van der Waals surface area contributed by atoms with Crippen molar-refractivity contribution in [3.63, 3.8) is 0 Å². The average Bonchev–Trinajstić information content (AvgIpc) is 2.19. The largest absolute Gasteiger partial charge is 0.314 e. The van der Waals surface area contributed by atoms with E-state index in [1.54, 1.807) is 18.2 Å². The molecule has 3 nitrogen and oxygen atoms in total. The Bertz CT molecular complexity index is 458. The van der Waals surface area contributed by atoms with Crippen LogP contribution in [-0.4, -0.2) is 27.3 Å². The Labute approximate surface area is 94.4 Å². The van der Waals surface area contributed by atoms with Crippen LogP contribution in [-0.2, 0) is 9.84 Å². The lowest BCUT2D eigenvalue weighted by Crippen LogP contribution is -2.38. The smallest absolute Gasteiger partial charge is 0.159 e. The van der Waals surface area contributed by atoms with Crippen LogP contribution in [0.2, 0.25) is 5.02 Å². The van der Waals surface area contributed by atoms with Gasteiger partial charge in [0.15, 0.2) is 9.84 Å². The fourth-order valence-electron chi connectivity index (χ4n) is 1.76. The Kier molecular flexibility index (Phi) is 3.00. The van der Waals surface area contributed by atoms with E-state index in [0.717, 1.165) is 0 Å². The second-order valence-electron chi connectivity index (χ2n) is 3.58. The molecule has 0 aromatic heterocycles. The van der Waals surface area contributed by atoms with Crippen LogP contribution in [0.4, 0.5) is 0 Å². The van der Waals surface area contributed by atoms with Crippen molar-refractivity contribution < 1.29 is 8.42 Å². The highest BCUT2D eigenvalue weighted by Gasteiger charge is 2.31. The van der Waals surface area contributed by atoms with Gasteiger partial charge in [-0.15, -0.1) is 0 Å². The molecule has 1 N–H and O–H groups in total. The first-order valence-corrected chi connectivity index (χ1v) is 6.87. The van der Waals surface area contributed by atoms with Crippen LogP contribution in [0, 0.1) is 0 Å². The number of halogens is 1. The molecule has 0 aliphatic carbocycles. The maximum atomic E-state index is 11.8. The topological polar surface area (TPSA) is 46.2 Å². The summed E-state index contributed by atoms with van der Waals surface area (Å²) in [4.78, 5) is 0. The van der Waals surface area contributed by atoms with Crippen molar-refractivity contribution in [2.75, 3.05) is 18.8 Å². The van der Waals surface area contributed by atoms with Gasteiger partial charge in [-0.25, -0.2) is 8.42 Å². The normalized spacial score (nSPS) is 25.0. The van der Waals surface area contributed by atoms with E-state index >= 15 is 0 Å². The number of hydrogen-bond acceptors (Lipinski definition) is 3. The SMILES string of the molecule is O=S1(=O)CCNCC1c1ccccc1Cl. The molecule has 1 heterocycles. The van der Waals surface area contributed by atoms with Crippen molar-refractivity contribution >= 4 is 21.4 Å². The number of sulfone groups is 1. The van der Waals surface area contributed by atoms with Gasteiger partial charge in [-0.3, -0.25) is 0 Å². The van der Waals surface area contributed by atoms with Gasteiger partial charge < -0.3 is 5.32 Å². The molecule has 1 aliphatic rings. The average molecular weight is 246 g/mol. The van der Waals surface area contributed by atoms with E-state index in [-0.39, 0.29) is 5.75 Å². The van der Waals surface area contributed by atoms with Crippen LogP contribution in [0.25, 0.3) is 0 Å². The fraction of sp³-hybridized carbons (Fsp3) is 0.400. The summed E-state index contributed by atoms with van der Waals surface area (Å²) in [6, 6.07) is 7.11. The Hall–Kier alpha value is -0.580. The molecule has 82 valence electrons. The van der Waals surface area contributed by atoms with Crippen LogP contribution >= 0.6 is 11.6 Å². The van der Waals surface area contributed by atoms with Gasteiger partial charge in [-0.1, -0.05) is 29.8 Å². The first-order chi connectivity index (χ1) is 7.11. The van der Waals surface area contributed by atoms with E-state index in [9.17, 15) is 8.42 Å². The van der Waals surface area contributed by atoms with Gasteiger partial charge in [0, 0.05) is 18.1 Å². The highest BCUT2D eigenvalue weighted by molar-refractivity contribution is 7.91. The zero-order valence-electron chi connectivity index (χ0n) is 8.11. The van der Waals surface area contributed by atoms with E-state index < -0.39 is 15.1 Å². The number of hydrogen-bond donors (Lipinski definition) is 1. The third-order valence-electron chi connectivity index (χ3n) is 2.58. The Morgan fingerprint density at radius 3 is 2.73 bits per heavy atom. The van der Waals surface area contributed by atoms with Crippen LogP contribution < -0.4 is 5.32 Å².